The maximum atomic E-state index is 13.6. The molecule has 1 aliphatic heterocycles. The summed E-state index contributed by atoms with van der Waals surface area (Å²) in [6.07, 6.45) is 4.11. The summed E-state index contributed by atoms with van der Waals surface area (Å²) in [4.78, 5) is 26.2. The summed E-state index contributed by atoms with van der Waals surface area (Å²) in [5.74, 6) is 1.50. The Kier molecular flexibility index (Phi) is 7.18. The second-order valence-corrected chi connectivity index (χ2v) is 7.76. The van der Waals surface area contributed by atoms with E-state index in [1.807, 2.05) is 24.0 Å². The zero-order chi connectivity index (χ0) is 20.8. The molecule has 1 aromatic heterocycles. The smallest absolute Gasteiger partial charge is 0.225 e. The van der Waals surface area contributed by atoms with Crippen LogP contribution in [-0.4, -0.2) is 47.0 Å². The van der Waals surface area contributed by atoms with Gasteiger partial charge in [0.15, 0.2) is 5.82 Å². The molecule has 2 heterocycles. The van der Waals surface area contributed by atoms with Gasteiger partial charge in [0.1, 0.15) is 11.6 Å². The van der Waals surface area contributed by atoms with Crippen LogP contribution in [0.2, 0.25) is 0 Å². The van der Waals surface area contributed by atoms with E-state index in [0.717, 1.165) is 50.3 Å². The first-order valence-corrected chi connectivity index (χ1v) is 10.7. The van der Waals surface area contributed by atoms with Gasteiger partial charge in [-0.3, -0.25) is 4.79 Å². The number of aryl methyl sites for hydroxylation is 1. The number of benzene rings is 1. The third kappa shape index (κ3) is 5.31. The molecule has 0 radical (unpaired) electrons. The fourth-order valence-corrected chi connectivity index (χ4v) is 3.84. The minimum atomic E-state index is -0.296. The van der Waals surface area contributed by atoms with Crippen LogP contribution in [0, 0.1) is 18.7 Å². The van der Waals surface area contributed by atoms with Crippen LogP contribution in [0.4, 0.5) is 10.2 Å². The predicted octanol–water partition coefficient (Wildman–Crippen LogP) is 4.46. The molecule has 6 heteroatoms. The van der Waals surface area contributed by atoms with Gasteiger partial charge in [-0.05, 0) is 31.9 Å². The van der Waals surface area contributed by atoms with Crippen molar-refractivity contribution in [2.45, 2.75) is 46.5 Å². The number of hydrogen-bond acceptors (Lipinski definition) is 4. The summed E-state index contributed by atoms with van der Waals surface area (Å²) >= 11 is 0. The summed E-state index contributed by atoms with van der Waals surface area (Å²) in [5, 5.41) is 0. The summed E-state index contributed by atoms with van der Waals surface area (Å²) in [6.45, 7) is 9.10. The molecule has 3 rings (SSSR count). The number of anilines is 1. The molecule has 5 nitrogen and oxygen atoms in total. The minimum Gasteiger partial charge on any atom is -0.353 e. The van der Waals surface area contributed by atoms with Crippen molar-refractivity contribution in [3.8, 4) is 11.4 Å². The Balaban J connectivity index is 1.68. The van der Waals surface area contributed by atoms with Crippen molar-refractivity contribution < 1.29 is 9.18 Å². The second kappa shape index (κ2) is 9.81. The lowest BCUT2D eigenvalue weighted by molar-refractivity contribution is -0.136. The van der Waals surface area contributed by atoms with Gasteiger partial charge in [-0.15, -0.1) is 0 Å². The molecule has 156 valence electrons. The highest BCUT2D eigenvalue weighted by Crippen LogP contribution is 2.23. The maximum Gasteiger partial charge on any atom is 0.225 e. The van der Waals surface area contributed by atoms with Crippen molar-refractivity contribution in [3.05, 3.63) is 41.8 Å². The van der Waals surface area contributed by atoms with E-state index in [2.05, 4.69) is 28.7 Å². The lowest BCUT2D eigenvalue weighted by Crippen LogP contribution is -2.50. The summed E-state index contributed by atoms with van der Waals surface area (Å²) in [6, 6.07) is 8.32. The Bertz CT molecular complexity index is 833. The van der Waals surface area contributed by atoms with Crippen LogP contribution in [0.3, 0.4) is 0 Å². The van der Waals surface area contributed by atoms with Gasteiger partial charge >= 0.3 is 0 Å². The number of amides is 1. The monoisotopic (exact) mass is 398 g/mol. The molecule has 29 heavy (non-hydrogen) atoms. The van der Waals surface area contributed by atoms with Gasteiger partial charge in [-0.1, -0.05) is 38.8 Å². The number of nitrogens with zero attached hydrogens (tertiary/aromatic N) is 4. The molecule has 0 N–H and O–H groups in total. The lowest BCUT2D eigenvalue weighted by Gasteiger charge is -2.37. The number of hydrogen-bond donors (Lipinski definition) is 0. The number of carbonyl (C=O) groups excluding carboxylic acids is 1. The van der Waals surface area contributed by atoms with Crippen LogP contribution in [0.15, 0.2) is 30.3 Å². The number of halogens is 1. The van der Waals surface area contributed by atoms with Crippen molar-refractivity contribution in [2.24, 2.45) is 5.92 Å². The van der Waals surface area contributed by atoms with Crippen LogP contribution in [0.25, 0.3) is 11.4 Å². The van der Waals surface area contributed by atoms with Gasteiger partial charge < -0.3 is 9.80 Å². The fourth-order valence-electron chi connectivity index (χ4n) is 3.84. The highest BCUT2D eigenvalue weighted by atomic mass is 19.1. The first-order valence-electron chi connectivity index (χ1n) is 10.7. The van der Waals surface area contributed by atoms with E-state index in [1.54, 1.807) is 6.07 Å². The number of rotatable bonds is 7. The number of carbonyl (C=O) groups is 1. The fraction of sp³-hybridized carbons (Fsp3) is 0.522. The van der Waals surface area contributed by atoms with E-state index in [0.29, 0.717) is 30.4 Å². The second-order valence-electron chi connectivity index (χ2n) is 7.76. The molecule has 1 atom stereocenters. The van der Waals surface area contributed by atoms with Crippen molar-refractivity contribution in [3.63, 3.8) is 0 Å². The standard InChI is InChI=1S/C23H31FN4O/c1-4-6-8-18(5-2)23(29)28-13-11-27(12-14-28)21-15-17(3)25-22(26-21)19-9-7-10-20(24)16-19/h7,9-10,15-16,18H,4-6,8,11-14H2,1-3H3. The van der Waals surface area contributed by atoms with Crippen LogP contribution in [0.5, 0.6) is 0 Å². The van der Waals surface area contributed by atoms with Crippen LogP contribution in [-0.2, 0) is 4.79 Å². The molecule has 0 saturated carbocycles. The topological polar surface area (TPSA) is 49.3 Å². The Labute approximate surface area is 173 Å². The molecule has 1 amide bonds. The largest absolute Gasteiger partial charge is 0.353 e. The van der Waals surface area contributed by atoms with E-state index in [-0.39, 0.29) is 11.7 Å². The zero-order valence-electron chi connectivity index (χ0n) is 17.7. The SMILES string of the molecule is CCCCC(CC)C(=O)N1CCN(c2cc(C)nc(-c3cccc(F)c3)n2)CC1. The molecule has 1 saturated heterocycles. The summed E-state index contributed by atoms with van der Waals surface area (Å²) in [5.41, 5.74) is 1.52. The number of aromatic nitrogens is 2. The third-order valence-electron chi connectivity index (χ3n) is 5.59. The van der Waals surface area contributed by atoms with E-state index >= 15 is 0 Å². The average Bonchev–Trinajstić information content (AvgIpc) is 2.74. The Hall–Kier alpha value is -2.50. The van der Waals surface area contributed by atoms with Crippen LogP contribution >= 0.6 is 0 Å². The number of unbranched alkanes of at least 4 members (excludes halogenated alkanes) is 1. The van der Waals surface area contributed by atoms with Crippen molar-refractivity contribution in [2.75, 3.05) is 31.1 Å². The van der Waals surface area contributed by atoms with Crippen molar-refractivity contribution in [1.82, 2.24) is 14.9 Å². The molecular formula is C23H31FN4O. The third-order valence-corrected chi connectivity index (χ3v) is 5.59. The lowest BCUT2D eigenvalue weighted by atomic mass is 9.97. The van der Waals surface area contributed by atoms with Crippen molar-refractivity contribution >= 4 is 11.7 Å². The molecule has 1 unspecified atom stereocenters. The van der Waals surface area contributed by atoms with Crippen LogP contribution < -0.4 is 4.90 Å². The van der Waals surface area contributed by atoms with Gasteiger partial charge in [0.25, 0.3) is 0 Å². The van der Waals surface area contributed by atoms with Gasteiger partial charge in [-0.25, -0.2) is 14.4 Å². The zero-order valence-corrected chi connectivity index (χ0v) is 17.7. The molecule has 1 fully saturated rings. The van der Waals surface area contributed by atoms with Gasteiger partial charge in [0, 0.05) is 49.4 Å². The Morgan fingerprint density at radius 3 is 2.55 bits per heavy atom. The normalized spacial score (nSPS) is 15.4. The molecule has 1 aliphatic rings. The Morgan fingerprint density at radius 2 is 1.90 bits per heavy atom. The minimum absolute atomic E-state index is 0.141. The Morgan fingerprint density at radius 1 is 1.14 bits per heavy atom. The average molecular weight is 399 g/mol. The van der Waals surface area contributed by atoms with E-state index in [4.69, 9.17) is 0 Å². The van der Waals surface area contributed by atoms with Crippen LogP contribution in [0.1, 0.15) is 45.2 Å². The highest BCUT2D eigenvalue weighted by Gasteiger charge is 2.26. The van der Waals surface area contributed by atoms with Gasteiger partial charge in [0.2, 0.25) is 5.91 Å². The molecule has 0 aliphatic carbocycles. The van der Waals surface area contributed by atoms with E-state index in [1.165, 1.54) is 12.1 Å². The van der Waals surface area contributed by atoms with E-state index < -0.39 is 0 Å². The summed E-state index contributed by atoms with van der Waals surface area (Å²) < 4.78 is 13.6. The first kappa shape index (κ1) is 21.2. The van der Waals surface area contributed by atoms with Crippen molar-refractivity contribution in [1.29, 1.82) is 0 Å². The maximum absolute atomic E-state index is 13.6. The quantitative estimate of drug-likeness (QED) is 0.691. The summed E-state index contributed by atoms with van der Waals surface area (Å²) in [7, 11) is 0. The van der Waals surface area contributed by atoms with Gasteiger partial charge in [-0.2, -0.15) is 0 Å². The molecule has 0 spiro atoms. The molecule has 2 aromatic rings. The first-order chi connectivity index (χ1) is 14.0. The molecule has 1 aromatic carbocycles. The highest BCUT2D eigenvalue weighted by molar-refractivity contribution is 5.79. The van der Waals surface area contributed by atoms with Gasteiger partial charge in [0.05, 0.1) is 0 Å². The molecular weight excluding hydrogens is 367 g/mol. The molecule has 0 bridgehead atoms. The van der Waals surface area contributed by atoms with E-state index in [9.17, 15) is 9.18 Å². The predicted molar refractivity (Wildman–Crippen MR) is 114 cm³/mol. The number of piperazine rings is 1.